The standard InChI is InChI=1S/C18H16ClNO4S/c1-11-13(19)4-2-5-14(11)20-9-12(8-17(20)22)18(23)24-10-15(21)16-6-3-7-25-16/h2-7,12H,8-10H2,1H3/t12-/m1/s1. The minimum absolute atomic E-state index is 0.0674. The van der Waals surface area contributed by atoms with Crippen LogP contribution in [0.5, 0.6) is 0 Å². The summed E-state index contributed by atoms with van der Waals surface area (Å²) in [7, 11) is 0. The first-order valence-corrected chi connectivity index (χ1v) is 9.02. The summed E-state index contributed by atoms with van der Waals surface area (Å²) in [6.45, 7) is 1.75. The van der Waals surface area contributed by atoms with Crippen LogP contribution in [0.4, 0.5) is 5.69 Å². The number of thiophene rings is 1. The quantitative estimate of drug-likeness (QED) is 0.591. The van der Waals surface area contributed by atoms with Gasteiger partial charge in [-0.05, 0) is 36.1 Å². The Labute approximate surface area is 154 Å². The zero-order valence-electron chi connectivity index (χ0n) is 13.5. The van der Waals surface area contributed by atoms with Crippen molar-refractivity contribution in [2.45, 2.75) is 13.3 Å². The van der Waals surface area contributed by atoms with Gasteiger partial charge in [0.2, 0.25) is 11.7 Å². The first-order chi connectivity index (χ1) is 12.0. The third kappa shape index (κ3) is 3.75. The first-order valence-electron chi connectivity index (χ1n) is 7.76. The number of carbonyl (C=O) groups is 3. The molecule has 0 N–H and O–H groups in total. The zero-order chi connectivity index (χ0) is 18.0. The minimum atomic E-state index is -0.581. The topological polar surface area (TPSA) is 63.7 Å². The summed E-state index contributed by atoms with van der Waals surface area (Å²) in [5.41, 5.74) is 1.49. The summed E-state index contributed by atoms with van der Waals surface area (Å²) in [6, 6.07) is 8.77. The number of ether oxygens (including phenoxy) is 1. The molecule has 2 aromatic rings. The maximum atomic E-state index is 12.3. The smallest absolute Gasteiger partial charge is 0.311 e. The molecular weight excluding hydrogens is 362 g/mol. The summed E-state index contributed by atoms with van der Waals surface area (Å²) in [5.74, 6) is -1.51. The zero-order valence-corrected chi connectivity index (χ0v) is 15.1. The highest BCUT2D eigenvalue weighted by Gasteiger charge is 2.37. The van der Waals surface area contributed by atoms with Crippen molar-refractivity contribution in [2.24, 2.45) is 5.92 Å². The fourth-order valence-electron chi connectivity index (χ4n) is 2.75. The second-order valence-electron chi connectivity index (χ2n) is 5.80. The van der Waals surface area contributed by atoms with Gasteiger partial charge in [0, 0.05) is 23.7 Å². The van der Waals surface area contributed by atoms with Gasteiger partial charge in [-0.2, -0.15) is 0 Å². The van der Waals surface area contributed by atoms with E-state index in [4.69, 9.17) is 16.3 Å². The number of carbonyl (C=O) groups excluding carboxylic acids is 3. The van der Waals surface area contributed by atoms with E-state index in [9.17, 15) is 14.4 Å². The molecule has 130 valence electrons. The molecule has 5 nitrogen and oxygen atoms in total. The monoisotopic (exact) mass is 377 g/mol. The normalized spacial score (nSPS) is 17.0. The second-order valence-corrected chi connectivity index (χ2v) is 7.15. The highest BCUT2D eigenvalue weighted by molar-refractivity contribution is 7.12. The lowest BCUT2D eigenvalue weighted by atomic mass is 10.1. The van der Waals surface area contributed by atoms with E-state index >= 15 is 0 Å². The molecule has 1 saturated heterocycles. The molecule has 0 radical (unpaired) electrons. The predicted octanol–water partition coefficient (Wildman–Crippen LogP) is 3.49. The Morgan fingerprint density at radius 1 is 1.32 bits per heavy atom. The maximum Gasteiger partial charge on any atom is 0.311 e. The number of halogens is 1. The molecule has 3 rings (SSSR count). The van der Waals surface area contributed by atoms with E-state index in [0.29, 0.717) is 15.6 Å². The van der Waals surface area contributed by atoms with E-state index in [1.54, 1.807) is 40.6 Å². The van der Waals surface area contributed by atoms with Gasteiger partial charge in [-0.15, -0.1) is 11.3 Å². The van der Waals surface area contributed by atoms with E-state index in [1.807, 2.05) is 6.92 Å². The molecule has 2 heterocycles. The maximum absolute atomic E-state index is 12.3. The first kappa shape index (κ1) is 17.6. The third-order valence-electron chi connectivity index (χ3n) is 4.13. The van der Waals surface area contributed by atoms with Crippen molar-refractivity contribution in [1.82, 2.24) is 0 Å². The summed E-state index contributed by atoms with van der Waals surface area (Å²) < 4.78 is 5.11. The highest BCUT2D eigenvalue weighted by atomic mass is 35.5. The number of anilines is 1. The molecule has 1 aliphatic heterocycles. The van der Waals surface area contributed by atoms with Gasteiger partial charge in [0.1, 0.15) is 0 Å². The van der Waals surface area contributed by atoms with Crippen LogP contribution in [0.25, 0.3) is 0 Å². The van der Waals surface area contributed by atoms with Crippen LogP contribution in [-0.4, -0.2) is 30.8 Å². The van der Waals surface area contributed by atoms with Crippen molar-refractivity contribution >= 4 is 46.3 Å². The van der Waals surface area contributed by atoms with Crippen molar-refractivity contribution in [3.05, 3.63) is 51.2 Å². The van der Waals surface area contributed by atoms with Crippen LogP contribution in [0, 0.1) is 12.8 Å². The Bertz CT molecular complexity index is 818. The highest BCUT2D eigenvalue weighted by Crippen LogP contribution is 2.31. The van der Waals surface area contributed by atoms with E-state index in [-0.39, 0.29) is 31.3 Å². The number of rotatable bonds is 5. The van der Waals surface area contributed by atoms with Crippen LogP contribution in [0.15, 0.2) is 35.7 Å². The molecule has 0 unspecified atom stereocenters. The van der Waals surface area contributed by atoms with Gasteiger partial charge < -0.3 is 9.64 Å². The lowest BCUT2D eigenvalue weighted by molar-refractivity contribution is -0.147. The number of nitrogens with zero attached hydrogens (tertiary/aromatic N) is 1. The van der Waals surface area contributed by atoms with E-state index in [2.05, 4.69) is 0 Å². The van der Waals surface area contributed by atoms with Gasteiger partial charge in [0.25, 0.3) is 0 Å². The molecule has 0 saturated carbocycles. The molecule has 1 aliphatic rings. The number of hydrogen-bond donors (Lipinski definition) is 0. The predicted molar refractivity (Wildman–Crippen MR) is 96.3 cm³/mol. The Morgan fingerprint density at radius 3 is 2.84 bits per heavy atom. The van der Waals surface area contributed by atoms with Crippen molar-refractivity contribution < 1.29 is 19.1 Å². The van der Waals surface area contributed by atoms with Crippen LogP contribution in [0.2, 0.25) is 5.02 Å². The summed E-state index contributed by atoms with van der Waals surface area (Å²) >= 11 is 7.41. The lowest BCUT2D eigenvalue weighted by Gasteiger charge is -2.19. The van der Waals surface area contributed by atoms with Gasteiger partial charge in [-0.1, -0.05) is 23.7 Å². The number of amides is 1. The van der Waals surface area contributed by atoms with Crippen LogP contribution in [0.1, 0.15) is 21.7 Å². The Morgan fingerprint density at radius 2 is 2.12 bits per heavy atom. The molecule has 0 spiro atoms. The van der Waals surface area contributed by atoms with Crippen LogP contribution >= 0.6 is 22.9 Å². The SMILES string of the molecule is Cc1c(Cl)cccc1N1C[C@H](C(=O)OCC(=O)c2cccs2)CC1=O. The van der Waals surface area contributed by atoms with Crippen LogP contribution in [-0.2, 0) is 14.3 Å². The molecule has 1 aromatic carbocycles. The van der Waals surface area contributed by atoms with E-state index < -0.39 is 11.9 Å². The Kier molecular flexibility index (Phi) is 5.20. The molecule has 1 atom stereocenters. The molecule has 7 heteroatoms. The summed E-state index contributed by atoms with van der Waals surface area (Å²) in [6.07, 6.45) is 0.0674. The van der Waals surface area contributed by atoms with Gasteiger partial charge >= 0.3 is 5.97 Å². The van der Waals surface area contributed by atoms with E-state index in [1.165, 1.54) is 11.3 Å². The van der Waals surface area contributed by atoms with Gasteiger partial charge in [0.05, 0.1) is 10.8 Å². The lowest BCUT2D eigenvalue weighted by Crippen LogP contribution is -2.27. The second kappa shape index (κ2) is 7.37. The molecule has 1 fully saturated rings. The van der Waals surface area contributed by atoms with E-state index in [0.717, 1.165) is 5.56 Å². The van der Waals surface area contributed by atoms with Gasteiger partial charge in [-0.3, -0.25) is 14.4 Å². The summed E-state index contributed by atoms with van der Waals surface area (Å²) in [4.78, 5) is 38.5. The minimum Gasteiger partial charge on any atom is -0.457 e. The average molecular weight is 378 g/mol. The number of ketones is 1. The van der Waals surface area contributed by atoms with Crippen LogP contribution < -0.4 is 4.90 Å². The van der Waals surface area contributed by atoms with Gasteiger partial charge in [-0.25, -0.2) is 0 Å². The number of benzene rings is 1. The molecular formula is C18H16ClNO4S. The molecule has 1 amide bonds. The Balaban J connectivity index is 1.63. The van der Waals surface area contributed by atoms with Gasteiger partial charge in [0.15, 0.2) is 6.61 Å². The molecule has 25 heavy (non-hydrogen) atoms. The number of Topliss-reactive ketones (excluding diaryl/α,β-unsaturated/α-hetero) is 1. The summed E-state index contributed by atoms with van der Waals surface area (Å²) in [5, 5.41) is 2.36. The van der Waals surface area contributed by atoms with Crippen molar-refractivity contribution in [3.63, 3.8) is 0 Å². The largest absolute Gasteiger partial charge is 0.457 e. The average Bonchev–Trinajstić information content (AvgIpc) is 3.25. The molecule has 1 aromatic heterocycles. The fraction of sp³-hybridized carbons (Fsp3) is 0.278. The number of hydrogen-bond acceptors (Lipinski definition) is 5. The van der Waals surface area contributed by atoms with Crippen molar-refractivity contribution in [1.29, 1.82) is 0 Å². The third-order valence-corrected chi connectivity index (χ3v) is 5.45. The molecule has 0 bridgehead atoms. The Hall–Kier alpha value is -2.18. The fourth-order valence-corrected chi connectivity index (χ4v) is 3.57. The van der Waals surface area contributed by atoms with Crippen molar-refractivity contribution in [3.8, 4) is 0 Å². The van der Waals surface area contributed by atoms with Crippen molar-refractivity contribution in [2.75, 3.05) is 18.1 Å². The number of esters is 1. The van der Waals surface area contributed by atoms with Crippen LogP contribution in [0.3, 0.4) is 0 Å². The molecule has 0 aliphatic carbocycles.